The van der Waals surface area contributed by atoms with Gasteiger partial charge in [0.05, 0.1) is 0 Å². The van der Waals surface area contributed by atoms with E-state index in [9.17, 15) is 0 Å². The van der Waals surface area contributed by atoms with Gasteiger partial charge in [-0.1, -0.05) is 66.7 Å². The fourth-order valence-corrected chi connectivity index (χ4v) is 1.74. The number of allylic oxidation sites excluding steroid dienone is 1. The molecule has 1 atom stereocenters. The molecule has 2 aromatic carbocycles. The van der Waals surface area contributed by atoms with Gasteiger partial charge < -0.3 is 0 Å². The lowest BCUT2D eigenvalue weighted by atomic mass is 9.98. The van der Waals surface area contributed by atoms with Crippen LogP contribution in [0.2, 0.25) is 0 Å². The lowest BCUT2D eigenvalue weighted by Crippen LogP contribution is -1.86. The molecule has 0 heterocycles. The maximum atomic E-state index is 2.16. The van der Waals surface area contributed by atoms with Crippen LogP contribution in [0.1, 0.15) is 18.1 Å². The van der Waals surface area contributed by atoms with Crippen LogP contribution in [-0.4, -0.2) is 0 Å². The third-order valence-corrected chi connectivity index (χ3v) is 2.46. The van der Waals surface area contributed by atoms with Crippen LogP contribution < -0.4 is 0 Å². The highest BCUT2D eigenvalue weighted by Gasteiger charge is 2.01. The number of hydrogen-bond donors (Lipinski definition) is 0. The molecule has 0 bridgehead atoms. The van der Waals surface area contributed by atoms with Crippen molar-refractivity contribution in [2.45, 2.75) is 6.92 Å². The van der Waals surface area contributed by atoms with E-state index < -0.39 is 0 Å². The van der Waals surface area contributed by atoms with Gasteiger partial charge in [-0.3, -0.25) is 0 Å². The molecule has 1 heteroatoms. The van der Waals surface area contributed by atoms with Crippen LogP contribution in [0.4, 0.5) is 0 Å². The number of rotatable bonds is 2. The summed E-state index contributed by atoms with van der Waals surface area (Å²) in [5, 5.41) is 0. The number of hydrogen-bond acceptors (Lipinski definition) is 0. The van der Waals surface area contributed by atoms with Gasteiger partial charge in [-0.2, -0.15) is 9.90 Å². The van der Waals surface area contributed by atoms with Gasteiger partial charge in [-0.15, -0.1) is 0 Å². The second kappa shape index (κ2) is 6.25. The van der Waals surface area contributed by atoms with Crippen LogP contribution in [0.25, 0.3) is 5.57 Å². The van der Waals surface area contributed by atoms with Crippen molar-refractivity contribution in [3.63, 3.8) is 0 Å². The molecule has 0 aliphatic rings. The molecule has 0 amide bonds. The van der Waals surface area contributed by atoms with Gasteiger partial charge >= 0.3 is 0 Å². The van der Waals surface area contributed by atoms with E-state index in [-0.39, 0.29) is 9.90 Å². The predicted molar refractivity (Wildman–Crippen MR) is 76.7 cm³/mol. The Morgan fingerprint density at radius 1 is 0.750 bits per heavy atom. The van der Waals surface area contributed by atoms with Gasteiger partial charge in [0.2, 0.25) is 0 Å². The van der Waals surface area contributed by atoms with Gasteiger partial charge in [-0.05, 0) is 23.6 Å². The summed E-state index contributed by atoms with van der Waals surface area (Å²) in [4.78, 5) is 0. The van der Waals surface area contributed by atoms with Crippen molar-refractivity contribution in [3.05, 3.63) is 77.9 Å². The predicted octanol–water partition coefficient (Wildman–Crippen LogP) is 4.20. The average molecular weight is 228 g/mol. The zero-order valence-corrected chi connectivity index (χ0v) is 11.0. The van der Waals surface area contributed by atoms with Crippen LogP contribution in [-0.2, 0) is 0 Å². The van der Waals surface area contributed by atoms with E-state index in [0.717, 1.165) is 0 Å². The smallest absolute Gasteiger partial charge is 0.0154 e. The monoisotopic (exact) mass is 228 g/mol. The largest absolute Gasteiger partial charge is 0.153 e. The summed E-state index contributed by atoms with van der Waals surface area (Å²) < 4.78 is 0. The van der Waals surface area contributed by atoms with Crippen molar-refractivity contribution in [2.75, 3.05) is 0 Å². The van der Waals surface area contributed by atoms with E-state index in [1.807, 2.05) is 12.1 Å². The van der Waals surface area contributed by atoms with Crippen molar-refractivity contribution in [1.29, 1.82) is 0 Å². The van der Waals surface area contributed by atoms with Gasteiger partial charge in [0, 0.05) is 0 Å². The summed E-state index contributed by atoms with van der Waals surface area (Å²) in [5.74, 6) is 0. The van der Waals surface area contributed by atoms with E-state index in [1.165, 1.54) is 16.7 Å². The Morgan fingerprint density at radius 2 is 1.12 bits per heavy atom. The first-order chi connectivity index (χ1) is 7.42. The minimum Gasteiger partial charge on any atom is -0.153 e. The second-order valence-electron chi connectivity index (χ2n) is 3.43. The van der Waals surface area contributed by atoms with Gasteiger partial charge in [-0.25, -0.2) is 0 Å². The van der Waals surface area contributed by atoms with Crippen molar-refractivity contribution < 1.29 is 0 Å². The Labute approximate surface area is 101 Å². The number of benzene rings is 2. The minimum atomic E-state index is 0. The van der Waals surface area contributed by atoms with Gasteiger partial charge in [0.25, 0.3) is 0 Å². The molecule has 16 heavy (non-hydrogen) atoms. The highest BCUT2D eigenvalue weighted by Crippen LogP contribution is 2.22. The molecule has 0 radical (unpaired) electrons. The summed E-state index contributed by atoms with van der Waals surface area (Å²) in [7, 11) is 0. The molecule has 0 N–H and O–H groups in total. The van der Waals surface area contributed by atoms with Crippen LogP contribution in [0.5, 0.6) is 0 Å². The molecule has 0 fully saturated rings. The first-order valence-electron chi connectivity index (χ1n) is 5.19. The maximum Gasteiger partial charge on any atom is -0.0154 e. The zero-order chi connectivity index (χ0) is 10.5. The van der Waals surface area contributed by atoms with Gasteiger partial charge in [0.15, 0.2) is 0 Å². The summed E-state index contributed by atoms with van der Waals surface area (Å²) in [6.45, 7) is 2.08. The quantitative estimate of drug-likeness (QED) is 0.676. The molecule has 0 aromatic heterocycles. The molecule has 1 unspecified atom stereocenters. The van der Waals surface area contributed by atoms with Gasteiger partial charge in [0.1, 0.15) is 0 Å². The summed E-state index contributed by atoms with van der Waals surface area (Å²) in [6, 6.07) is 20.9. The van der Waals surface area contributed by atoms with Crippen LogP contribution in [0.15, 0.2) is 66.7 Å². The first-order valence-corrected chi connectivity index (χ1v) is 5.19. The summed E-state index contributed by atoms with van der Waals surface area (Å²) >= 11 is 0. The van der Waals surface area contributed by atoms with Crippen molar-refractivity contribution in [2.24, 2.45) is 0 Å². The lowest BCUT2D eigenvalue weighted by molar-refractivity contribution is 1.53. The fraction of sp³-hybridized carbons (Fsp3) is 0.0667. The second-order valence-corrected chi connectivity index (χ2v) is 3.43. The minimum absolute atomic E-state index is 0. The van der Waals surface area contributed by atoms with E-state index in [0.29, 0.717) is 0 Å². The van der Waals surface area contributed by atoms with Crippen molar-refractivity contribution in [3.8, 4) is 0 Å². The Bertz CT molecular complexity index is 402. The third-order valence-electron chi connectivity index (χ3n) is 2.46. The summed E-state index contributed by atoms with van der Waals surface area (Å²) in [6.07, 6.45) is 2.16. The fourth-order valence-electron chi connectivity index (χ4n) is 1.74. The maximum absolute atomic E-state index is 2.16. The third kappa shape index (κ3) is 2.81. The first kappa shape index (κ1) is 12.7. The average Bonchev–Trinajstić information content (AvgIpc) is 2.33. The van der Waals surface area contributed by atoms with E-state index in [4.69, 9.17) is 0 Å². The molecule has 2 rings (SSSR count). The van der Waals surface area contributed by atoms with E-state index in [1.54, 1.807) is 0 Å². The normalized spacial score (nSPS) is 9.06. The Morgan fingerprint density at radius 3 is 1.44 bits per heavy atom. The zero-order valence-electron chi connectivity index (χ0n) is 9.56. The van der Waals surface area contributed by atoms with Crippen molar-refractivity contribution >= 4 is 15.5 Å². The molecular formula is C15H17P. The Balaban J connectivity index is 0.00000128. The van der Waals surface area contributed by atoms with E-state index >= 15 is 0 Å². The Kier molecular flexibility index (Phi) is 4.95. The molecule has 82 valence electrons. The van der Waals surface area contributed by atoms with E-state index in [2.05, 4.69) is 61.5 Å². The van der Waals surface area contributed by atoms with Crippen LogP contribution >= 0.6 is 9.90 Å². The molecule has 0 saturated heterocycles. The Hall–Kier alpha value is -1.39. The SMILES string of the molecule is CC=C(c1ccccc1)c1ccccc1.P. The molecule has 2 aromatic rings. The lowest BCUT2D eigenvalue weighted by Gasteiger charge is -2.06. The van der Waals surface area contributed by atoms with Crippen LogP contribution in [0.3, 0.4) is 0 Å². The summed E-state index contributed by atoms with van der Waals surface area (Å²) in [5.41, 5.74) is 3.83. The molecule has 0 nitrogen and oxygen atoms in total. The van der Waals surface area contributed by atoms with Crippen molar-refractivity contribution in [1.82, 2.24) is 0 Å². The highest BCUT2D eigenvalue weighted by molar-refractivity contribution is 6.92. The van der Waals surface area contributed by atoms with Crippen LogP contribution in [0, 0.1) is 0 Å². The molecule has 0 aliphatic carbocycles. The molecule has 0 saturated carbocycles. The molecule has 0 spiro atoms. The molecular weight excluding hydrogens is 211 g/mol. The molecule has 0 aliphatic heterocycles. The highest BCUT2D eigenvalue weighted by atomic mass is 31.0. The standard InChI is InChI=1S/C15H14.H3P/c1-2-15(13-9-5-3-6-10-13)14-11-7-4-8-12-14;/h2-12H,1H3;1H3. The topological polar surface area (TPSA) is 0 Å².